The summed E-state index contributed by atoms with van der Waals surface area (Å²) in [6.45, 7) is 3.16. The summed E-state index contributed by atoms with van der Waals surface area (Å²) in [6.07, 6.45) is 8.05. The van der Waals surface area contributed by atoms with Crippen LogP contribution in [-0.4, -0.2) is 41.2 Å². The lowest BCUT2D eigenvalue weighted by molar-refractivity contribution is 0.0388. The zero-order valence-corrected chi connectivity index (χ0v) is 9.09. The molecule has 4 heteroatoms. The van der Waals surface area contributed by atoms with E-state index < -0.39 is 0 Å². The van der Waals surface area contributed by atoms with E-state index in [-0.39, 0.29) is 0 Å². The molecule has 0 atom stereocenters. The van der Waals surface area contributed by atoms with Crippen LogP contribution in [0.5, 0.6) is 0 Å². The summed E-state index contributed by atoms with van der Waals surface area (Å²) < 4.78 is 5.34. The maximum atomic E-state index is 5.34. The van der Waals surface area contributed by atoms with E-state index in [1.807, 2.05) is 12.4 Å². The van der Waals surface area contributed by atoms with Crippen molar-refractivity contribution in [2.45, 2.75) is 25.5 Å². The van der Waals surface area contributed by atoms with Gasteiger partial charge in [0.25, 0.3) is 0 Å². The van der Waals surface area contributed by atoms with Gasteiger partial charge in [-0.05, 0) is 12.8 Å². The van der Waals surface area contributed by atoms with Gasteiger partial charge in [0.15, 0.2) is 0 Å². The average Bonchev–Trinajstić information content (AvgIpc) is 2.31. The Morgan fingerprint density at radius 1 is 1.33 bits per heavy atom. The normalized spacial score (nSPS) is 19.3. The second-order valence-corrected chi connectivity index (χ2v) is 3.96. The molecule has 1 aromatic rings. The van der Waals surface area contributed by atoms with E-state index in [1.54, 1.807) is 13.4 Å². The van der Waals surface area contributed by atoms with Gasteiger partial charge in [-0.3, -0.25) is 4.90 Å². The first kappa shape index (κ1) is 10.5. The highest BCUT2D eigenvalue weighted by atomic mass is 16.5. The number of ether oxygens (including phenoxy) is 1. The number of hydrogen-bond acceptors (Lipinski definition) is 4. The molecular formula is C11H17N3O. The molecule has 1 aromatic heterocycles. The monoisotopic (exact) mass is 207 g/mol. The molecule has 1 fully saturated rings. The average molecular weight is 207 g/mol. The minimum Gasteiger partial charge on any atom is -0.381 e. The van der Waals surface area contributed by atoms with Gasteiger partial charge < -0.3 is 4.74 Å². The highest BCUT2D eigenvalue weighted by molar-refractivity contribution is 5.02. The first-order valence-electron chi connectivity index (χ1n) is 5.37. The molecule has 0 N–H and O–H groups in total. The van der Waals surface area contributed by atoms with Gasteiger partial charge in [0.05, 0.1) is 6.10 Å². The van der Waals surface area contributed by atoms with Crippen molar-refractivity contribution in [3.63, 3.8) is 0 Å². The Balaban J connectivity index is 1.82. The van der Waals surface area contributed by atoms with Crippen molar-refractivity contribution < 1.29 is 4.74 Å². The zero-order valence-electron chi connectivity index (χ0n) is 9.09. The second kappa shape index (κ2) is 5.19. The van der Waals surface area contributed by atoms with Gasteiger partial charge in [-0.25, -0.2) is 9.97 Å². The highest BCUT2D eigenvalue weighted by Gasteiger charge is 2.18. The SMILES string of the molecule is COC1CCN(Cc2cncnc2)CC1. The maximum Gasteiger partial charge on any atom is 0.115 e. The molecule has 82 valence electrons. The molecule has 0 aromatic carbocycles. The Morgan fingerprint density at radius 2 is 2.00 bits per heavy atom. The van der Waals surface area contributed by atoms with Crippen molar-refractivity contribution in [2.24, 2.45) is 0 Å². The topological polar surface area (TPSA) is 38.2 Å². The van der Waals surface area contributed by atoms with Crippen molar-refractivity contribution in [2.75, 3.05) is 20.2 Å². The molecule has 1 saturated heterocycles. The molecule has 0 unspecified atom stereocenters. The molecule has 0 saturated carbocycles. The number of aromatic nitrogens is 2. The van der Waals surface area contributed by atoms with Crippen molar-refractivity contribution in [1.29, 1.82) is 0 Å². The first-order chi connectivity index (χ1) is 7.38. The Hall–Kier alpha value is -1.00. The fourth-order valence-corrected chi connectivity index (χ4v) is 1.97. The lowest BCUT2D eigenvalue weighted by Gasteiger charge is -2.30. The molecule has 0 amide bonds. The van der Waals surface area contributed by atoms with Gasteiger partial charge in [-0.15, -0.1) is 0 Å². The van der Waals surface area contributed by atoms with Crippen LogP contribution in [0.4, 0.5) is 0 Å². The molecule has 0 spiro atoms. The van der Waals surface area contributed by atoms with E-state index in [2.05, 4.69) is 14.9 Å². The third-order valence-electron chi connectivity index (χ3n) is 2.89. The number of piperidine rings is 1. The Kier molecular flexibility index (Phi) is 3.64. The summed E-state index contributed by atoms with van der Waals surface area (Å²) in [5.74, 6) is 0. The second-order valence-electron chi connectivity index (χ2n) is 3.96. The Morgan fingerprint density at radius 3 is 2.60 bits per heavy atom. The standard InChI is InChI=1S/C11H17N3O/c1-15-11-2-4-14(5-3-11)8-10-6-12-9-13-7-10/h6-7,9,11H,2-5,8H2,1H3. The fraction of sp³-hybridized carbons (Fsp3) is 0.636. The van der Waals surface area contributed by atoms with Crippen LogP contribution in [-0.2, 0) is 11.3 Å². The molecule has 2 heterocycles. The van der Waals surface area contributed by atoms with Crippen LogP contribution in [0.1, 0.15) is 18.4 Å². The molecule has 0 radical (unpaired) electrons. The summed E-state index contributed by atoms with van der Waals surface area (Å²) in [6, 6.07) is 0. The van der Waals surface area contributed by atoms with Gasteiger partial charge in [0, 0.05) is 44.7 Å². The van der Waals surface area contributed by atoms with Gasteiger partial charge in [-0.1, -0.05) is 0 Å². The molecule has 15 heavy (non-hydrogen) atoms. The summed E-state index contributed by atoms with van der Waals surface area (Å²) in [4.78, 5) is 10.5. The van der Waals surface area contributed by atoms with Crippen molar-refractivity contribution in [3.05, 3.63) is 24.3 Å². The van der Waals surface area contributed by atoms with Crippen molar-refractivity contribution in [1.82, 2.24) is 14.9 Å². The predicted octanol–water partition coefficient (Wildman–Crippen LogP) is 1.09. The highest BCUT2D eigenvalue weighted by Crippen LogP contribution is 2.14. The number of rotatable bonds is 3. The number of methoxy groups -OCH3 is 1. The Labute approximate surface area is 90.3 Å². The van der Waals surface area contributed by atoms with E-state index in [0.29, 0.717) is 6.10 Å². The van der Waals surface area contributed by atoms with Gasteiger partial charge in [-0.2, -0.15) is 0 Å². The largest absolute Gasteiger partial charge is 0.381 e. The molecule has 1 aliphatic heterocycles. The molecule has 0 bridgehead atoms. The van der Waals surface area contributed by atoms with Crippen LogP contribution in [0.2, 0.25) is 0 Å². The van der Waals surface area contributed by atoms with Crippen LogP contribution in [0.15, 0.2) is 18.7 Å². The van der Waals surface area contributed by atoms with Gasteiger partial charge in [0.1, 0.15) is 6.33 Å². The molecule has 0 aliphatic carbocycles. The third kappa shape index (κ3) is 2.97. The van der Waals surface area contributed by atoms with E-state index in [0.717, 1.165) is 32.5 Å². The minimum atomic E-state index is 0.452. The summed E-state index contributed by atoms with van der Waals surface area (Å²) in [7, 11) is 1.80. The molecule has 4 nitrogen and oxygen atoms in total. The molecule has 2 rings (SSSR count). The van der Waals surface area contributed by atoms with Gasteiger partial charge >= 0.3 is 0 Å². The lowest BCUT2D eigenvalue weighted by Crippen LogP contribution is -2.36. The van der Waals surface area contributed by atoms with Gasteiger partial charge in [0.2, 0.25) is 0 Å². The van der Waals surface area contributed by atoms with Crippen LogP contribution in [0.25, 0.3) is 0 Å². The van der Waals surface area contributed by atoms with E-state index in [4.69, 9.17) is 4.74 Å². The van der Waals surface area contributed by atoms with Crippen molar-refractivity contribution in [3.8, 4) is 0 Å². The Bertz CT molecular complexity index is 283. The zero-order chi connectivity index (χ0) is 10.5. The van der Waals surface area contributed by atoms with E-state index in [9.17, 15) is 0 Å². The first-order valence-corrected chi connectivity index (χ1v) is 5.37. The third-order valence-corrected chi connectivity index (χ3v) is 2.89. The summed E-state index contributed by atoms with van der Waals surface area (Å²) >= 11 is 0. The maximum absolute atomic E-state index is 5.34. The van der Waals surface area contributed by atoms with Crippen molar-refractivity contribution >= 4 is 0 Å². The number of likely N-dealkylation sites (tertiary alicyclic amines) is 1. The van der Waals surface area contributed by atoms with Crippen LogP contribution in [0.3, 0.4) is 0 Å². The quantitative estimate of drug-likeness (QED) is 0.743. The number of hydrogen-bond donors (Lipinski definition) is 0. The lowest BCUT2D eigenvalue weighted by atomic mass is 10.1. The molecule has 1 aliphatic rings. The predicted molar refractivity (Wildman–Crippen MR) is 57.3 cm³/mol. The summed E-state index contributed by atoms with van der Waals surface area (Å²) in [5, 5.41) is 0. The van der Waals surface area contributed by atoms with E-state index >= 15 is 0 Å². The van der Waals surface area contributed by atoms with Crippen LogP contribution < -0.4 is 0 Å². The number of nitrogens with zero attached hydrogens (tertiary/aromatic N) is 3. The minimum absolute atomic E-state index is 0.452. The smallest absolute Gasteiger partial charge is 0.115 e. The van der Waals surface area contributed by atoms with Crippen LogP contribution >= 0.6 is 0 Å². The van der Waals surface area contributed by atoms with E-state index in [1.165, 1.54) is 5.56 Å². The molecular weight excluding hydrogens is 190 g/mol. The summed E-state index contributed by atoms with van der Waals surface area (Å²) in [5.41, 5.74) is 1.19. The van der Waals surface area contributed by atoms with Crippen LogP contribution in [0, 0.1) is 0 Å². The fourth-order valence-electron chi connectivity index (χ4n) is 1.97.